The van der Waals surface area contributed by atoms with Crippen LogP contribution in [-0.4, -0.2) is 11.7 Å². The molecule has 0 saturated carbocycles. The van der Waals surface area contributed by atoms with Crippen molar-refractivity contribution in [3.05, 3.63) is 71.3 Å². The molecule has 5 heteroatoms. The predicted octanol–water partition coefficient (Wildman–Crippen LogP) is 3.42. The first-order valence-electron chi connectivity index (χ1n) is 6.77. The maximum atomic E-state index is 13.0. The zero-order chi connectivity index (χ0) is 16.1. The summed E-state index contributed by atoms with van der Waals surface area (Å²) in [6.45, 7) is 1.35. The first-order chi connectivity index (χ1) is 10.5. The summed E-state index contributed by atoms with van der Waals surface area (Å²) in [5, 5.41) is 2.67. The van der Waals surface area contributed by atoms with Gasteiger partial charge < -0.3 is 5.32 Å². The van der Waals surface area contributed by atoms with Crippen LogP contribution in [0.1, 0.15) is 35.3 Å². The Morgan fingerprint density at radius 3 is 1.95 bits per heavy atom. The second-order valence-electron chi connectivity index (χ2n) is 4.94. The molecule has 22 heavy (non-hydrogen) atoms. The highest BCUT2D eigenvalue weighted by Gasteiger charge is 2.18. The fourth-order valence-corrected chi connectivity index (χ4v) is 2.13. The smallest absolute Gasteiger partial charge is 0.217 e. The molecule has 2 aromatic rings. The van der Waals surface area contributed by atoms with E-state index < -0.39 is 17.7 Å². The van der Waals surface area contributed by atoms with E-state index in [1.165, 1.54) is 55.5 Å². The molecule has 0 aliphatic heterocycles. The minimum atomic E-state index is -0.560. The van der Waals surface area contributed by atoms with Crippen LogP contribution in [0.2, 0.25) is 0 Å². The summed E-state index contributed by atoms with van der Waals surface area (Å²) in [6, 6.07) is 10.2. The van der Waals surface area contributed by atoms with Crippen molar-refractivity contribution in [1.29, 1.82) is 0 Å². The molecule has 2 aromatic carbocycles. The van der Waals surface area contributed by atoms with Gasteiger partial charge >= 0.3 is 0 Å². The van der Waals surface area contributed by atoms with Gasteiger partial charge in [-0.1, -0.05) is 12.1 Å². The molecule has 0 fully saturated rings. The largest absolute Gasteiger partial charge is 0.349 e. The molecule has 2 rings (SSSR count). The predicted molar refractivity (Wildman–Crippen MR) is 78.3 cm³/mol. The number of carbonyl (C=O) groups is 2. The summed E-state index contributed by atoms with van der Waals surface area (Å²) in [5.74, 6) is -1.34. The third-order valence-electron chi connectivity index (χ3n) is 3.21. The van der Waals surface area contributed by atoms with Crippen LogP contribution in [0.15, 0.2) is 48.5 Å². The highest BCUT2D eigenvalue weighted by atomic mass is 19.1. The van der Waals surface area contributed by atoms with Gasteiger partial charge in [-0.3, -0.25) is 9.59 Å². The van der Waals surface area contributed by atoms with Crippen LogP contribution >= 0.6 is 0 Å². The summed E-state index contributed by atoms with van der Waals surface area (Å²) < 4.78 is 25.9. The molecule has 0 spiro atoms. The van der Waals surface area contributed by atoms with Crippen LogP contribution in [0.25, 0.3) is 0 Å². The first kappa shape index (κ1) is 15.8. The second-order valence-corrected chi connectivity index (χ2v) is 4.94. The van der Waals surface area contributed by atoms with Crippen molar-refractivity contribution in [2.45, 2.75) is 19.4 Å². The SMILES string of the molecule is CC(=O)NC(CC(=O)c1ccc(F)cc1)c1ccc(F)cc1. The van der Waals surface area contributed by atoms with Gasteiger partial charge in [-0.25, -0.2) is 8.78 Å². The van der Waals surface area contributed by atoms with Gasteiger partial charge in [0.15, 0.2) is 5.78 Å². The van der Waals surface area contributed by atoms with E-state index in [-0.39, 0.29) is 18.1 Å². The van der Waals surface area contributed by atoms with Crippen molar-refractivity contribution in [2.75, 3.05) is 0 Å². The fraction of sp³-hybridized carbons (Fsp3) is 0.176. The number of benzene rings is 2. The standard InChI is InChI=1S/C17H15F2NO2/c1-11(21)20-16(12-2-6-14(18)7-3-12)10-17(22)13-4-8-15(19)9-5-13/h2-9,16H,10H2,1H3,(H,20,21). The van der Waals surface area contributed by atoms with E-state index in [9.17, 15) is 18.4 Å². The number of hydrogen-bond acceptors (Lipinski definition) is 2. The molecule has 0 aliphatic carbocycles. The Labute approximate surface area is 127 Å². The van der Waals surface area contributed by atoms with Gasteiger partial charge in [0.1, 0.15) is 11.6 Å². The normalized spacial score (nSPS) is 11.8. The lowest BCUT2D eigenvalue weighted by Crippen LogP contribution is -2.28. The third kappa shape index (κ3) is 4.22. The van der Waals surface area contributed by atoms with Crippen molar-refractivity contribution in [3.8, 4) is 0 Å². The maximum absolute atomic E-state index is 13.0. The van der Waals surface area contributed by atoms with Gasteiger partial charge in [-0.2, -0.15) is 0 Å². The Kier molecular flexibility index (Phi) is 4.99. The Bertz CT molecular complexity index is 666. The molecule has 0 heterocycles. The Morgan fingerprint density at radius 2 is 1.45 bits per heavy atom. The summed E-state index contributed by atoms with van der Waals surface area (Å²) in [6.07, 6.45) is 0.0108. The molecule has 114 valence electrons. The number of hydrogen-bond donors (Lipinski definition) is 1. The van der Waals surface area contributed by atoms with Crippen molar-refractivity contribution in [2.24, 2.45) is 0 Å². The number of carbonyl (C=O) groups excluding carboxylic acids is 2. The van der Waals surface area contributed by atoms with Crippen LogP contribution in [0.4, 0.5) is 8.78 Å². The topological polar surface area (TPSA) is 46.2 Å². The van der Waals surface area contributed by atoms with Crippen LogP contribution in [0, 0.1) is 11.6 Å². The van der Waals surface area contributed by atoms with E-state index in [0.717, 1.165) is 0 Å². The quantitative estimate of drug-likeness (QED) is 0.860. The Morgan fingerprint density at radius 1 is 0.955 bits per heavy atom. The highest BCUT2D eigenvalue weighted by Crippen LogP contribution is 2.20. The van der Waals surface area contributed by atoms with Gasteiger partial charge in [0.2, 0.25) is 5.91 Å². The minimum absolute atomic E-state index is 0.0108. The molecule has 3 nitrogen and oxygen atoms in total. The zero-order valence-corrected chi connectivity index (χ0v) is 12.0. The molecule has 1 atom stereocenters. The Balaban J connectivity index is 2.19. The van der Waals surface area contributed by atoms with Gasteiger partial charge in [0.05, 0.1) is 6.04 Å². The molecule has 1 amide bonds. The molecule has 0 saturated heterocycles. The molecule has 0 aliphatic rings. The number of nitrogens with one attached hydrogen (secondary N) is 1. The van der Waals surface area contributed by atoms with Crippen LogP contribution in [-0.2, 0) is 4.79 Å². The number of ketones is 1. The van der Waals surface area contributed by atoms with E-state index >= 15 is 0 Å². The van der Waals surface area contributed by atoms with Gasteiger partial charge in [0.25, 0.3) is 0 Å². The monoisotopic (exact) mass is 303 g/mol. The lowest BCUT2D eigenvalue weighted by molar-refractivity contribution is -0.119. The number of Topliss-reactive ketones (excluding diaryl/α,β-unsaturated/α-hetero) is 1. The lowest BCUT2D eigenvalue weighted by Gasteiger charge is -2.17. The van der Waals surface area contributed by atoms with Gasteiger partial charge in [-0.15, -0.1) is 0 Å². The first-order valence-corrected chi connectivity index (χ1v) is 6.77. The zero-order valence-electron chi connectivity index (χ0n) is 12.0. The highest BCUT2D eigenvalue weighted by molar-refractivity contribution is 5.96. The minimum Gasteiger partial charge on any atom is -0.349 e. The lowest BCUT2D eigenvalue weighted by atomic mass is 9.98. The van der Waals surface area contributed by atoms with Gasteiger partial charge in [-0.05, 0) is 42.0 Å². The van der Waals surface area contributed by atoms with Crippen molar-refractivity contribution >= 4 is 11.7 Å². The number of amides is 1. The molecule has 0 aromatic heterocycles. The molecule has 1 N–H and O–H groups in total. The number of rotatable bonds is 5. The molecule has 0 radical (unpaired) electrons. The van der Waals surface area contributed by atoms with E-state index in [1.807, 2.05) is 0 Å². The molecule has 1 unspecified atom stereocenters. The second kappa shape index (κ2) is 6.93. The average Bonchev–Trinajstić information content (AvgIpc) is 2.47. The average molecular weight is 303 g/mol. The molecule has 0 bridgehead atoms. The Hall–Kier alpha value is -2.56. The van der Waals surface area contributed by atoms with Gasteiger partial charge in [0, 0.05) is 18.9 Å². The van der Waals surface area contributed by atoms with E-state index in [1.54, 1.807) is 0 Å². The summed E-state index contributed by atoms with van der Waals surface area (Å²) in [5.41, 5.74) is 0.992. The third-order valence-corrected chi connectivity index (χ3v) is 3.21. The van der Waals surface area contributed by atoms with Crippen LogP contribution in [0.3, 0.4) is 0 Å². The maximum Gasteiger partial charge on any atom is 0.217 e. The van der Waals surface area contributed by atoms with E-state index in [0.29, 0.717) is 11.1 Å². The fourth-order valence-electron chi connectivity index (χ4n) is 2.13. The van der Waals surface area contributed by atoms with E-state index in [2.05, 4.69) is 5.32 Å². The van der Waals surface area contributed by atoms with Crippen molar-refractivity contribution in [3.63, 3.8) is 0 Å². The summed E-state index contributed by atoms with van der Waals surface area (Å²) >= 11 is 0. The molecular weight excluding hydrogens is 288 g/mol. The van der Waals surface area contributed by atoms with E-state index in [4.69, 9.17) is 0 Å². The number of halogens is 2. The molecular formula is C17H15F2NO2. The summed E-state index contributed by atoms with van der Waals surface area (Å²) in [7, 11) is 0. The summed E-state index contributed by atoms with van der Waals surface area (Å²) in [4.78, 5) is 23.6. The van der Waals surface area contributed by atoms with Crippen LogP contribution in [0.5, 0.6) is 0 Å². The van der Waals surface area contributed by atoms with Crippen LogP contribution < -0.4 is 5.32 Å². The van der Waals surface area contributed by atoms with Crippen molar-refractivity contribution < 1.29 is 18.4 Å². The van der Waals surface area contributed by atoms with Crippen molar-refractivity contribution in [1.82, 2.24) is 5.32 Å².